The summed E-state index contributed by atoms with van der Waals surface area (Å²) in [5.41, 5.74) is 1.95. The molecule has 5 nitrogen and oxygen atoms in total. The normalized spacial score (nSPS) is 11.1. The first-order valence-corrected chi connectivity index (χ1v) is 11.7. The molecule has 0 aliphatic rings. The lowest BCUT2D eigenvalue weighted by molar-refractivity contribution is -0.114. The van der Waals surface area contributed by atoms with Crippen molar-refractivity contribution >= 4 is 38.9 Å². The first-order chi connectivity index (χ1) is 13.8. The van der Waals surface area contributed by atoms with E-state index in [4.69, 9.17) is 0 Å². The van der Waals surface area contributed by atoms with E-state index in [0.29, 0.717) is 11.3 Å². The Kier molecular flexibility index (Phi) is 6.61. The average molecular weight is 427 g/mol. The van der Waals surface area contributed by atoms with Crippen molar-refractivity contribution in [2.24, 2.45) is 0 Å². The summed E-state index contributed by atoms with van der Waals surface area (Å²) in [6.07, 6.45) is 1.17. The number of carbonyl (C=O) groups excluding carboxylic acids is 1. The molecular formula is C22H22N2O3S2. The molecule has 0 spiro atoms. The minimum absolute atomic E-state index is 0.0262. The van der Waals surface area contributed by atoms with Gasteiger partial charge in [-0.1, -0.05) is 48.2 Å². The molecule has 3 rings (SSSR count). The van der Waals surface area contributed by atoms with Gasteiger partial charge in [-0.3, -0.25) is 4.79 Å². The van der Waals surface area contributed by atoms with Crippen molar-refractivity contribution in [1.82, 2.24) is 0 Å². The molecule has 0 bridgehead atoms. The van der Waals surface area contributed by atoms with Crippen LogP contribution in [0.15, 0.2) is 87.5 Å². The summed E-state index contributed by atoms with van der Waals surface area (Å²) in [5.74, 6) is -0.213. The van der Waals surface area contributed by atoms with E-state index in [1.54, 1.807) is 36.9 Å². The van der Waals surface area contributed by atoms with E-state index in [-0.39, 0.29) is 17.3 Å². The Bertz CT molecular complexity index is 1110. The number of benzene rings is 3. The number of anilines is 2. The third-order valence-corrected chi connectivity index (χ3v) is 6.58. The van der Waals surface area contributed by atoms with E-state index in [0.717, 1.165) is 15.5 Å². The molecule has 150 valence electrons. The van der Waals surface area contributed by atoms with Crippen LogP contribution in [-0.4, -0.2) is 27.1 Å². The summed E-state index contributed by atoms with van der Waals surface area (Å²) < 4.78 is 23.7. The van der Waals surface area contributed by atoms with Crippen LogP contribution >= 0.6 is 11.8 Å². The van der Waals surface area contributed by atoms with Crippen LogP contribution in [0.2, 0.25) is 0 Å². The predicted molar refractivity (Wildman–Crippen MR) is 118 cm³/mol. The molecule has 3 aromatic rings. The van der Waals surface area contributed by atoms with Gasteiger partial charge < -0.3 is 10.6 Å². The van der Waals surface area contributed by atoms with Crippen LogP contribution in [0.1, 0.15) is 5.56 Å². The molecule has 0 aromatic heterocycles. The number of hydrogen-bond acceptors (Lipinski definition) is 5. The van der Waals surface area contributed by atoms with E-state index in [2.05, 4.69) is 10.6 Å². The molecule has 0 atom stereocenters. The highest BCUT2D eigenvalue weighted by atomic mass is 32.2. The van der Waals surface area contributed by atoms with Crippen molar-refractivity contribution < 1.29 is 13.2 Å². The van der Waals surface area contributed by atoms with E-state index in [1.807, 2.05) is 54.6 Å². The smallest absolute Gasteiger partial charge is 0.243 e. The lowest BCUT2D eigenvalue weighted by atomic mass is 10.2. The number of sulfone groups is 1. The van der Waals surface area contributed by atoms with Gasteiger partial charge in [-0.2, -0.15) is 0 Å². The van der Waals surface area contributed by atoms with Crippen LogP contribution in [0, 0.1) is 6.92 Å². The van der Waals surface area contributed by atoms with Gasteiger partial charge in [0.05, 0.1) is 17.1 Å². The van der Waals surface area contributed by atoms with Gasteiger partial charge in [-0.15, -0.1) is 0 Å². The maximum absolute atomic E-state index is 12.5. The summed E-state index contributed by atoms with van der Waals surface area (Å²) in [6.45, 7) is 1.75. The molecule has 2 N–H and O–H groups in total. The minimum Gasteiger partial charge on any atom is -0.376 e. The molecule has 1 amide bonds. The molecule has 7 heteroatoms. The third-order valence-electron chi connectivity index (χ3n) is 4.26. The molecule has 0 aliphatic heterocycles. The molecule has 0 saturated carbocycles. The molecule has 0 unspecified atom stereocenters. The van der Waals surface area contributed by atoms with Crippen molar-refractivity contribution in [3.63, 3.8) is 0 Å². The van der Waals surface area contributed by atoms with Crippen LogP contribution in [-0.2, 0) is 14.6 Å². The van der Waals surface area contributed by atoms with Gasteiger partial charge in [-0.05, 0) is 48.9 Å². The first kappa shape index (κ1) is 21.0. The van der Waals surface area contributed by atoms with E-state index in [9.17, 15) is 13.2 Å². The van der Waals surface area contributed by atoms with Gasteiger partial charge in [0.2, 0.25) is 5.91 Å². The van der Waals surface area contributed by atoms with Crippen molar-refractivity contribution in [3.05, 3.63) is 78.4 Å². The summed E-state index contributed by atoms with van der Waals surface area (Å²) >= 11 is 1.58. The molecule has 0 radical (unpaired) electrons. The summed E-state index contributed by atoms with van der Waals surface area (Å²) in [4.78, 5) is 14.8. The van der Waals surface area contributed by atoms with Crippen molar-refractivity contribution in [3.8, 4) is 0 Å². The fourth-order valence-corrected chi connectivity index (χ4v) is 4.77. The number of nitrogens with one attached hydrogen (secondary N) is 2. The topological polar surface area (TPSA) is 75.3 Å². The Hall–Kier alpha value is -2.77. The number of hydrogen-bond donors (Lipinski definition) is 2. The fourth-order valence-electron chi connectivity index (χ4n) is 2.85. The second kappa shape index (κ2) is 9.15. The van der Waals surface area contributed by atoms with Gasteiger partial charge in [-0.25, -0.2) is 8.42 Å². The van der Waals surface area contributed by atoms with E-state index >= 15 is 0 Å². The summed E-state index contributed by atoms with van der Waals surface area (Å²) in [5, 5.41) is 5.96. The highest BCUT2D eigenvalue weighted by molar-refractivity contribution is 7.99. The lowest BCUT2D eigenvalue weighted by Gasteiger charge is -2.14. The molecule has 3 aromatic carbocycles. The van der Waals surface area contributed by atoms with Crippen LogP contribution in [0.25, 0.3) is 0 Å². The zero-order valence-electron chi connectivity index (χ0n) is 16.2. The van der Waals surface area contributed by atoms with Gasteiger partial charge in [0.25, 0.3) is 0 Å². The van der Waals surface area contributed by atoms with E-state index in [1.165, 1.54) is 6.26 Å². The van der Waals surface area contributed by atoms with Gasteiger partial charge in [0, 0.05) is 21.7 Å². The molecule has 29 heavy (non-hydrogen) atoms. The van der Waals surface area contributed by atoms with Gasteiger partial charge in [0.15, 0.2) is 9.84 Å². The molecule has 0 heterocycles. The Morgan fingerprint density at radius 3 is 2.28 bits per heavy atom. The highest BCUT2D eigenvalue weighted by Gasteiger charge is 2.14. The van der Waals surface area contributed by atoms with Crippen LogP contribution in [0.3, 0.4) is 0 Å². The second-order valence-electron chi connectivity index (χ2n) is 6.51. The molecule has 0 aliphatic carbocycles. The second-order valence-corrected chi connectivity index (χ2v) is 9.61. The number of amides is 1. The van der Waals surface area contributed by atoms with Crippen LogP contribution in [0.5, 0.6) is 0 Å². The predicted octanol–water partition coefficient (Wildman–Crippen LogP) is 4.60. The Morgan fingerprint density at radius 1 is 0.897 bits per heavy atom. The maximum Gasteiger partial charge on any atom is 0.243 e. The average Bonchev–Trinajstić information content (AvgIpc) is 2.68. The standard InChI is InChI=1S/C22H22N2O3S2/c1-16-18(12-8-14-21(16)29(2,26)27)23-15-22(25)24-19-11-6-7-13-20(19)28-17-9-4-3-5-10-17/h3-14,23H,15H2,1-2H3,(H,24,25). The Morgan fingerprint density at radius 2 is 1.55 bits per heavy atom. The number of rotatable bonds is 7. The third kappa shape index (κ3) is 5.62. The largest absolute Gasteiger partial charge is 0.376 e. The first-order valence-electron chi connectivity index (χ1n) is 9.00. The highest BCUT2D eigenvalue weighted by Crippen LogP contribution is 2.33. The monoisotopic (exact) mass is 426 g/mol. The minimum atomic E-state index is -3.32. The van der Waals surface area contributed by atoms with Crippen LogP contribution in [0.4, 0.5) is 11.4 Å². The van der Waals surface area contributed by atoms with Gasteiger partial charge in [0.1, 0.15) is 0 Å². The number of carbonyl (C=O) groups is 1. The fraction of sp³-hybridized carbons (Fsp3) is 0.136. The zero-order chi connectivity index (χ0) is 20.9. The summed E-state index contributed by atoms with van der Waals surface area (Å²) in [6, 6.07) is 22.5. The lowest BCUT2D eigenvalue weighted by Crippen LogP contribution is -2.22. The van der Waals surface area contributed by atoms with Crippen molar-refractivity contribution in [2.75, 3.05) is 23.4 Å². The molecule has 0 saturated heterocycles. The van der Waals surface area contributed by atoms with Crippen molar-refractivity contribution in [1.29, 1.82) is 0 Å². The van der Waals surface area contributed by atoms with E-state index < -0.39 is 9.84 Å². The van der Waals surface area contributed by atoms with Crippen molar-refractivity contribution in [2.45, 2.75) is 21.6 Å². The Balaban J connectivity index is 1.68. The zero-order valence-corrected chi connectivity index (χ0v) is 17.8. The Labute approximate surface area is 175 Å². The van der Waals surface area contributed by atoms with Crippen LogP contribution < -0.4 is 10.6 Å². The SMILES string of the molecule is Cc1c(NCC(=O)Nc2ccccc2Sc2ccccc2)cccc1S(C)(=O)=O. The van der Waals surface area contributed by atoms with Gasteiger partial charge >= 0.3 is 0 Å². The summed E-state index contributed by atoms with van der Waals surface area (Å²) in [7, 11) is -3.32. The quantitative estimate of drug-likeness (QED) is 0.577. The maximum atomic E-state index is 12.5. The molecule has 0 fully saturated rings. The molecular weight excluding hydrogens is 404 g/mol. The number of para-hydroxylation sites is 1.